The van der Waals surface area contributed by atoms with Gasteiger partial charge in [-0.1, -0.05) is 12.1 Å². The molecule has 1 saturated heterocycles. The van der Waals surface area contributed by atoms with Gasteiger partial charge in [-0.15, -0.1) is 0 Å². The summed E-state index contributed by atoms with van der Waals surface area (Å²) in [4.78, 5) is 19.7. The van der Waals surface area contributed by atoms with Crippen LogP contribution >= 0.6 is 0 Å². The molecule has 9 heteroatoms. The van der Waals surface area contributed by atoms with Crippen LogP contribution < -0.4 is 10.6 Å². The van der Waals surface area contributed by atoms with Crippen LogP contribution in [0.15, 0.2) is 30.5 Å². The number of benzene rings is 1. The molecule has 26 heavy (non-hydrogen) atoms. The maximum Gasteiger partial charge on any atom is 0.343 e. The molecule has 0 bridgehead atoms. The van der Waals surface area contributed by atoms with Crippen molar-refractivity contribution in [1.29, 1.82) is 0 Å². The van der Waals surface area contributed by atoms with Crippen LogP contribution in [0, 0.1) is 10.1 Å². The minimum Gasteiger partial charge on any atom is -0.358 e. The number of para-hydroxylation sites is 2. The van der Waals surface area contributed by atoms with Gasteiger partial charge in [-0.3, -0.25) is 0 Å². The van der Waals surface area contributed by atoms with Crippen LogP contribution in [-0.2, 0) is 13.6 Å². The van der Waals surface area contributed by atoms with E-state index in [-0.39, 0.29) is 5.82 Å². The Bertz CT molecular complexity index is 940. The number of aromatic nitrogens is 4. The summed E-state index contributed by atoms with van der Waals surface area (Å²) >= 11 is 0. The Morgan fingerprint density at radius 2 is 2.15 bits per heavy atom. The van der Waals surface area contributed by atoms with Gasteiger partial charge in [0.25, 0.3) is 5.82 Å². The lowest BCUT2D eigenvalue weighted by Gasteiger charge is -2.24. The Morgan fingerprint density at radius 1 is 1.31 bits per heavy atom. The molecule has 1 unspecified atom stereocenters. The Hall–Kier alpha value is -2.78. The summed E-state index contributed by atoms with van der Waals surface area (Å²) in [6.07, 6.45) is 2.22. The molecule has 2 aromatic heterocycles. The third-order valence-corrected chi connectivity index (χ3v) is 4.83. The topological polar surface area (TPSA) is 103 Å². The molecule has 2 N–H and O–H groups in total. The van der Waals surface area contributed by atoms with Crippen molar-refractivity contribution >= 4 is 16.9 Å². The van der Waals surface area contributed by atoms with Gasteiger partial charge in [0.15, 0.2) is 0 Å². The number of hydrogen-bond donors (Lipinski definition) is 2. The smallest absolute Gasteiger partial charge is 0.343 e. The molecule has 1 aliphatic rings. The molecular formula is C17H21N7O2. The second-order valence-corrected chi connectivity index (χ2v) is 6.48. The highest BCUT2D eigenvalue weighted by Crippen LogP contribution is 2.26. The number of nitrogens with one attached hydrogen (secondary N) is 2. The van der Waals surface area contributed by atoms with E-state index >= 15 is 0 Å². The van der Waals surface area contributed by atoms with Gasteiger partial charge < -0.3 is 25.3 Å². The summed E-state index contributed by atoms with van der Waals surface area (Å²) in [5.74, 6) is 1.12. The van der Waals surface area contributed by atoms with Crippen molar-refractivity contribution in [2.45, 2.75) is 19.0 Å². The molecular weight excluding hydrogens is 334 g/mol. The zero-order chi connectivity index (χ0) is 18.1. The van der Waals surface area contributed by atoms with Gasteiger partial charge in [0, 0.05) is 32.2 Å². The predicted octanol–water partition coefficient (Wildman–Crippen LogP) is 1.30. The van der Waals surface area contributed by atoms with E-state index in [1.165, 1.54) is 10.8 Å². The van der Waals surface area contributed by atoms with Crippen LogP contribution in [0.4, 0.5) is 5.82 Å². The first-order valence-electron chi connectivity index (χ1n) is 8.71. The first-order chi connectivity index (χ1) is 12.6. The van der Waals surface area contributed by atoms with Crippen molar-refractivity contribution in [3.8, 4) is 11.6 Å². The van der Waals surface area contributed by atoms with Crippen molar-refractivity contribution in [2.75, 3.05) is 19.6 Å². The molecule has 9 nitrogen and oxygen atoms in total. The van der Waals surface area contributed by atoms with Crippen molar-refractivity contribution in [3.63, 3.8) is 0 Å². The van der Waals surface area contributed by atoms with Gasteiger partial charge in [-0.05, 0) is 23.5 Å². The zero-order valence-corrected chi connectivity index (χ0v) is 14.6. The van der Waals surface area contributed by atoms with Gasteiger partial charge in [0.1, 0.15) is 6.20 Å². The lowest BCUT2D eigenvalue weighted by Crippen LogP contribution is -2.48. The molecule has 0 spiro atoms. The Balaban J connectivity index is 1.73. The maximum absolute atomic E-state index is 11.2. The van der Waals surface area contributed by atoms with E-state index in [0.29, 0.717) is 17.7 Å². The fourth-order valence-electron chi connectivity index (χ4n) is 3.45. The van der Waals surface area contributed by atoms with Crippen molar-refractivity contribution in [3.05, 3.63) is 40.6 Å². The predicted molar refractivity (Wildman–Crippen MR) is 97.9 cm³/mol. The summed E-state index contributed by atoms with van der Waals surface area (Å²) in [6.45, 7) is 3.66. The van der Waals surface area contributed by atoms with E-state index < -0.39 is 4.92 Å². The average molecular weight is 355 g/mol. The van der Waals surface area contributed by atoms with E-state index in [0.717, 1.165) is 43.6 Å². The highest BCUT2D eigenvalue weighted by Gasteiger charge is 2.24. The number of hydrogen-bond acceptors (Lipinski definition) is 6. The van der Waals surface area contributed by atoms with Crippen LogP contribution in [0.25, 0.3) is 22.7 Å². The van der Waals surface area contributed by atoms with Gasteiger partial charge in [0.05, 0.1) is 18.1 Å². The van der Waals surface area contributed by atoms with Gasteiger partial charge in [-0.2, -0.15) is 0 Å². The maximum atomic E-state index is 11.2. The quantitative estimate of drug-likeness (QED) is 0.528. The van der Waals surface area contributed by atoms with Crippen molar-refractivity contribution in [1.82, 2.24) is 29.7 Å². The number of nitrogens with zero attached hydrogens (tertiary/aromatic N) is 5. The van der Waals surface area contributed by atoms with Crippen LogP contribution in [0.5, 0.6) is 0 Å². The van der Waals surface area contributed by atoms with Crippen molar-refractivity contribution < 1.29 is 4.92 Å². The highest BCUT2D eigenvalue weighted by atomic mass is 16.6. The van der Waals surface area contributed by atoms with Crippen molar-refractivity contribution in [2.24, 2.45) is 7.05 Å². The molecule has 3 aromatic rings. The SMILES string of the molecule is Cn1c([N+](=O)[O-])cnc1-c1nc2ccccc2n1CCC1CNCCN1. The minimum absolute atomic E-state index is 0.0447. The number of imidazole rings is 2. The molecule has 1 aliphatic heterocycles. The fourth-order valence-corrected chi connectivity index (χ4v) is 3.45. The van der Waals surface area contributed by atoms with E-state index in [2.05, 4.69) is 20.2 Å². The summed E-state index contributed by atoms with van der Waals surface area (Å²) in [5, 5.41) is 18.1. The number of aryl methyl sites for hydroxylation is 1. The van der Waals surface area contributed by atoms with Crippen LogP contribution in [-0.4, -0.2) is 49.7 Å². The molecule has 0 amide bonds. The van der Waals surface area contributed by atoms with E-state index in [1.54, 1.807) is 7.05 Å². The largest absolute Gasteiger partial charge is 0.358 e. The summed E-state index contributed by atoms with van der Waals surface area (Å²) in [7, 11) is 1.65. The molecule has 1 atom stereocenters. The normalized spacial score (nSPS) is 17.7. The molecule has 4 rings (SSSR count). The van der Waals surface area contributed by atoms with E-state index in [9.17, 15) is 10.1 Å². The molecule has 3 heterocycles. The monoisotopic (exact) mass is 355 g/mol. The zero-order valence-electron chi connectivity index (χ0n) is 14.6. The second-order valence-electron chi connectivity index (χ2n) is 6.48. The number of fused-ring (bicyclic) bond motifs is 1. The van der Waals surface area contributed by atoms with Gasteiger partial charge >= 0.3 is 5.82 Å². The Kier molecular flexibility index (Phi) is 4.39. The molecule has 0 radical (unpaired) electrons. The summed E-state index contributed by atoms with van der Waals surface area (Å²) in [5.41, 5.74) is 1.87. The van der Waals surface area contributed by atoms with Crippen LogP contribution in [0.1, 0.15) is 6.42 Å². The molecule has 1 aromatic carbocycles. The first kappa shape index (κ1) is 16.7. The highest BCUT2D eigenvalue weighted by molar-refractivity contribution is 5.79. The fraction of sp³-hybridized carbons (Fsp3) is 0.412. The number of piperazine rings is 1. The third-order valence-electron chi connectivity index (χ3n) is 4.83. The Morgan fingerprint density at radius 3 is 2.88 bits per heavy atom. The standard InChI is InChI=1S/C17H21N7O2/c1-22-15(24(25)26)11-20-16(22)17-21-13-4-2-3-5-14(13)23(17)9-6-12-10-18-7-8-19-12/h2-5,11-12,18-19H,6-10H2,1H3. The van der Waals surface area contributed by atoms with Gasteiger partial charge in [-0.25, -0.2) is 14.5 Å². The second kappa shape index (κ2) is 6.85. The molecule has 136 valence electrons. The lowest BCUT2D eigenvalue weighted by molar-refractivity contribution is -0.391. The summed E-state index contributed by atoms with van der Waals surface area (Å²) in [6, 6.07) is 8.29. The molecule has 0 saturated carbocycles. The Labute approximate surface area is 150 Å². The first-order valence-corrected chi connectivity index (χ1v) is 8.71. The summed E-state index contributed by atoms with van der Waals surface area (Å²) < 4.78 is 3.59. The van der Waals surface area contributed by atoms with Gasteiger partial charge in [0.2, 0.25) is 5.82 Å². The third kappa shape index (κ3) is 2.95. The van der Waals surface area contributed by atoms with E-state index in [1.807, 2.05) is 24.3 Å². The van der Waals surface area contributed by atoms with Crippen LogP contribution in [0.2, 0.25) is 0 Å². The van der Waals surface area contributed by atoms with E-state index in [4.69, 9.17) is 4.98 Å². The minimum atomic E-state index is -0.429. The number of rotatable bonds is 5. The molecule has 1 fully saturated rings. The van der Waals surface area contributed by atoms with Crippen LogP contribution in [0.3, 0.4) is 0 Å². The number of nitro groups is 1. The lowest BCUT2D eigenvalue weighted by atomic mass is 10.1. The molecule has 0 aliphatic carbocycles. The average Bonchev–Trinajstić information content (AvgIpc) is 3.21.